The SMILES string of the molecule is Cc1ccc2c(c1)CC(CC(C)CNC(C)C)O2. The minimum Gasteiger partial charge on any atom is -0.490 e. The average Bonchev–Trinajstić information content (AvgIpc) is 2.67. The van der Waals surface area contributed by atoms with Gasteiger partial charge >= 0.3 is 0 Å². The number of fused-ring (bicyclic) bond motifs is 1. The van der Waals surface area contributed by atoms with Gasteiger partial charge in [0.05, 0.1) is 0 Å². The fourth-order valence-corrected chi connectivity index (χ4v) is 2.55. The van der Waals surface area contributed by atoms with Crippen molar-refractivity contribution in [2.75, 3.05) is 6.54 Å². The molecule has 0 spiro atoms. The average molecular weight is 247 g/mol. The van der Waals surface area contributed by atoms with Gasteiger partial charge in [-0.05, 0) is 37.4 Å². The quantitative estimate of drug-likeness (QED) is 0.862. The molecule has 1 heterocycles. The van der Waals surface area contributed by atoms with E-state index in [1.165, 1.54) is 11.1 Å². The zero-order valence-corrected chi connectivity index (χ0v) is 12.0. The topological polar surface area (TPSA) is 21.3 Å². The van der Waals surface area contributed by atoms with Gasteiger partial charge in [-0.25, -0.2) is 0 Å². The second-order valence-corrected chi connectivity index (χ2v) is 5.96. The van der Waals surface area contributed by atoms with E-state index in [2.05, 4.69) is 51.2 Å². The molecule has 0 saturated carbocycles. The first-order valence-corrected chi connectivity index (χ1v) is 7.04. The maximum Gasteiger partial charge on any atom is 0.123 e. The molecule has 1 N–H and O–H groups in total. The first kappa shape index (κ1) is 13.4. The fraction of sp³-hybridized carbons (Fsp3) is 0.625. The Morgan fingerprint density at radius 3 is 2.83 bits per heavy atom. The van der Waals surface area contributed by atoms with Crippen LogP contribution in [-0.2, 0) is 6.42 Å². The van der Waals surface area contributed by atoms with E-state index in [1.807, 2.05) is 0 Å². The van der Waals surface area contributed by atoms with Crippen molar-refractivity contribution >= 4 is 0 Å². The van der Waals surface area contributed by atoms with E-state index < -0.39 is 0 Å². The Kier molecular flexibility index (Phi) is 4.28. The van der Waals surface area contributed by atoms with Gasteiger partial charge in [0.25, 0.3) is 0 Å². The highest BCUT2D eigenvalue weighted by atomic mass is 16.5. The van der Waals surface area contributed by atoms with Crippen molar-refractivity contribution < 1.29 is 4.74 Å². The Labute approximate surface area is 111 Å². The minimum atomic E-state index is 0.366. The van der Waals surface area contributed by atoms with Gasteiger partial charge in [0.2, 0.25) is 0 Å². The molecule has 0 amide bonds. The molecule has 0 fully saturated rings. The summed E-state index contributed by atoms with van der Waals surface area (Å²) in [5.41, 5.74) is 2.71. The zero-order valence-electron chi connectivity index (χ0n) is 12.0. The highest BCUT2D eigenvalue weighted by Gasteiger charge is 2.24. The second kappa shape index (κ2) is 5.75. The molecule has 2 unspecified atom stereocenters. The van der Waals surface area contributed by atoms with Crippen molar-refractivity contribution in [2.24, 2.45) is 5.92 Å². The summed E-state index contributed by atoms with van der Waals surface area (Å²) in [5.74, 6) is 1.75. The molecule has 2 atom stereocenters. The van der Waals surface area contributed by atoms with Crippen LogP contribution in [0.4, 0.5) is 0 Å². The number of nitrogens with one attached hydrogen (secondary N) is 1. The fourth-order valence-electron chi connectivity index (χ4n) is 2.55. The monoisotopic (exact) mass is 247 g/mol. The number of aryl methyl sites for hydroxylation is 1. The van der Waals surface area contributed by atoms with E-state index in [-0.39, 0.29) is 0 Å². The first-order chi connectivity index (χ1) is 8.54. The van der Waals surface area contributed by atoms with Gasteiger partial charge < -0.3 is 10.1 Å². The van der Waals surface area contributed by atoms with Crippen molar-refractivity contribution in [3.8, 4) is 5.75 Å². The Bertz CT molecular complexity index is 400. The summed E-state index contributed by atoms with van der Waals surface area (Å²) in [4.78, 5) is 0. The van der Waals surface area contributed by atoms with Crippen molar-refractivity contribution in [3.63, 3.8) is 0 Å². The molecule has 0 bridgehead atoms. The van der Waals surface area contributed by atoms with E-state index in [0.29, 0.717) is 18.1 Å². The Morgan fingerprint density at radius 1 is 1.33 bits per heavy atom. The number of ether oxygens (including phenoxy) is 1. The zero-order chi connectivity index (χ0) is 13.1. The van der Waals surface area contributed by atoms with Crippen LogP contribution < -0.4 is 10.1 Å². The largest absolute Gasteiger partial charge is 0.490 e. The van der Waals surface area contributed by atoms with Crippen LogP contribution in [0.3, 0.4) is 0 Å². The highest BCUT2D eigenvalue weighted by molar-refractivity contribution is 5.40. The van der Waals surface area contributed by atoms with Crippen LogP contribution in [0, 0.1) is 12.8 Å². The van der Waals surface area contributed by atoms with Gasteiger partial charge in [-0.3, -0.25) is 0 Å². The third-order valence-corrected chi connectivity index (χ3v) is 3.50. The molecule has 1 aromatic rings. The molecule has 0 aliphatic carbocycles. The van der Waals surface area contributed by atoms with Gasteiger partial charge in [-0.2, -0.15) is 0 Å². The molecule has 2 rings (SSSR count). The van der Waals surface area contributed by atoms with Gasteiger partial charge in [-0.15, -0.1) is 0 Å². The van der Waals surface area contributed by atoms with Gasteiger partial charge in [0.1, 0.15) is 11.9 Å². The molecule has 0 saturated heterocycles. The Hall–Kier alpha value is -1.02. The number of hydrogen-bond donors (Lipinski definition) is 1. The molecule has 1 aliphatic heterocycles. The lowest BCUT2D eigenvalue weighted by Gasteiger charge is -2.18. The van der Waals surface area contributed by atoms with Crippen LogP contribution >= 0.6 is 0 Å². The van der Waals surface area contributed by atoms with Crippen LogP contribution in [0.1, 0.15) is 38.3 Å². The number of hydrogen-bond acceptors (Lipinski definition) is 2. The maximum atomic E-state index is 6.01. The van der Waals surface area contributed by atoms with E-state index in [1.54, 1.807) is 0 Å². The van der Waals surface area contributed by atoms with E-state index in [0.717, 1.165) is 25.1 Å². The third-order valence-electron chi connectivity index (χ3n) is 3.50. The molecule has 2 nitrogen and oxygen atoms in total. The molecule has 1 aromatic carbocycles. The van der Waals surface area contributed by atoms with Crippen LogP contribution in [0.5, 0.6) is 5.75 Å². The summed E-state index contributed by atoms with van der Waals surface area (Å²) in [6, 6.07) is 7.07. The van der Waals surface area contributed by atoms with Crippen molar-refractivity contribution in [1.29, 1.82) is 0 Å². The molecule has 0 aromatic heterocycles. The van der Waals surface area contributed by atoms with Crippen LogP contribution in [0.15, 0.2) is 18.2 Å². The van der Waals surface area contributed by atoms with Crippen molar-refractivity contribution in [1.82, 2.24) is 5.32 Å². The van der Waals surface area contributed by atoms with E-state index in [9.17, 15) is 0 Å². The lowest BCUT2D eigenvalue weighted by atomic mass is 9.99. The molecular formula is C16H25NO. The summed E-state index contributed by atoms with van der Waals surface area (Å²) in [5, 5.41) is 3.49. The lowest BCUT2D eigenvalue weighted by molar-refractivity contribution is 0.196. The molecule has 1 aliphatic rings. The van der Waals surface area contributed by atoms with Gasteiger partial charge in [0.15, 0.2) is 0 Å². The lowest BCUT2D eigenvalue weighted by Crippen LogP contribution is -2.30. The summed E-state index contributed by atoms with van der Waals surface area (Å²) in [6.07, 6.45) is 2.57. The van der Waals surface area contributed by atoms with Crippen LogP contribution in [-0.4, -0.2) is 18.7 Å². The Morgan fingerprint density at radius 2 is 2.11 bits per heavy atom. The number of rotatable bonds is 5. The summed E-state index contributed by atoms with van der Waals surface area (Å²) in [7, 11) is 0. The highest BCUT2D eigenvalue weighted by Crippen LogP contribution is 2.31. The van der Waals surface area contributed by atoms with E-state index >= 15 is 0 Å². The predicted molar refractivity (Wildman–Crippen MR) is 76.2 cm³/mol. The van der Waals surface area contributed by atoms with Crippen molar-refractivity contribution in [3.05, 3.63) is 29.3 Å². The molecule has 18 heavy (non-hydrogen) atoms. The predicted octanol–water partition coefficient (Wildman–Crippen LogP) is 3.32. The first-order valence-electron chi connectivity index (χ1n) is 7.04. The number of benzene rings is 1. The van der Waals surface area contributed by atoms with Crippen LogP contribution in [0.2, 0.25) is 0 Å². The van der Waals surface area contributed by atoms with E-state index in [4.69, 9.17) is 4.74 Å². The van der Waals surface area contributed by atoms with Gasteiger partial charge in [0, 0.05) is 12.5 Å². The summed E-state index contributed by atoms with van der Waals surface area (Å²) < 4.78 is 6.01. The smallest absolute Gasteiger partial charge is 0.123 e. The molecule has 100 valence electrons. The normalized spacial score (nSPS) is 19.7. The molecular weight excluding hydrogens is 222 g/mol. The molecule has 2 heteroatoms. The Balaban J connectivity index is 1.84. The molecule has 0 radical (unpaired) electrons. The van der Waals surface area contributed by atoms with Crippen LogP contribution in [0.25, 0.3) is 0 Å². The van der Waals surface area contributed by atoms with Crippen molar-refractivity contribution in [2.45, 2.75) is 52.7 Å². The maximum absolute atomic E-state index is 6.01. The minimum absolute atomic E-state index is 0.366. The summed E-state index contributed by atoms with van der Waals surface area (Å²) in [6.45, 7) is 9.90. The summed E-state index contributed by atoms with van der Waals surface area (Å²) >= 11 is 0. The third kappa shape index (κ3) is 3.49. The van der Waals surface area contributed by atoms with Gasteiger partial charge in [-0.1, -0.05) is 38.5 Å². The second-order valence-electron chi connectivity index (χ2n) is 5.96. The standard InChI is InChI=1S/C16H25NO/c1-11(2)17-10-13(4)8-15-9-14-7-12(3)5-6-16(14)18-15/h5-7,11,13,15,17H,8-10H2,1-4H3.